The summed E-state index contributed by atoms with van der Waals surface area (Å²) in [6.45, 7) is 0. The first-order valence-electron chi connectivity index (χ1n) is 8.41. The smallest absolute Gasteiger partial charge is 0.296 e. The second-order valence-electron chi connectivity index (χ2n) is 6.62. The van der Waals surface area contributed by atoms with Crippen LogP contribution < -0.4 is 11.1 Å². The van der Waals surface area contributed by atoms with E-state index in [2.05, 4.69) is 10.1 Å². The van der Waals surface area contributed by atoms with Crippen LogP contribution in [0.3, 0.4) is 0 Å². The minimum atomic E-state index is -0.439. The maximum Gasteiger partial charge on any atom is 0.296 e. The number of fused-ring (bicyclic) bond motifs is 3. The highest BCUT2D eigenvalue weighted by Gasteiger charge is 2.24. The van der Waals surface area contributed by atoms with Crippen molar-refractivity contribution in [1.82, 2.24) is 24.2 Å². The fraction of sp³-hybridized carbons (Fsp3) is 0.158. The van der Waals surface area contributed by atoms with Gasteiger partial charge in [0, 0.05) is 49.2 Å². The zero-order chi connectivity index (χ0) is 20.2. The van der Waals surface area contributed by atoms with Crippen LogP contribution in [-0.4, -0.2) is 44.2 Å². The molecule has 0 saturated heterocycles. The van der Waals surface area contributed by atoms with Gasteiger partial charge in [-0.15, -0.1) is 0 Å². The third kappa shape index (κ3) is 2.61. The molecule has 4 rings (SSSR count). The van der Waals surface area contributed by atoms with E-state index in [-0.39, 0.29) is 22.8 Å². The number of H-pyrrole nitrogens is 1. The minimum absolute atomic E-state index is 0.118. The van der Waals surface area contributed by atoms with Crippen LogP contribution in [0.25, 0.3) is 27.5 Å². The van der Waals surface area contributed by atoms with Gasteiger partial charge in [-0.05, 0) is 18.2 Å². The number of hydrogen-bond acceptors (Lipinski definition) is 4. The molecule has 0 saturated carbocycles. The predicted octanol–water partition coefficient (Wildman–Crippen LogP) is 1.92. The first-order chi connectivity index (χ1) is 13.3. The summed E-state index contributed by atoms with van der Waals surface area (Å²) in [7, 11) is 4.95. The van der Waals surface area contributed by atoms with Gasteiger partial charge in [0.25, 0.3) is 11.5 Å². The lowest BCUT2D eigenvalue weighted by molar-refractivity contribution is 0.0822. The average Bonchev–Trinajstić information content (AvgIpc) is 2.94. The normalized spacial score (nSPS) is 11.3. The summed E-state index contributed by atoms with van der Waals surface area (Å²) in [5.74, 6) is -0.356. The standard InChI is InChI=1S/C19H16ClN5O3/c1-23(2)18(27)16-15-12-5-4-10(20)8-13(12)24(3)17(15)19(28)25(22-16)11-6-7-21-14(26)9-11/h4-9H,1-3H3,(H,21,26). The number of pyridine rings is 1. The largest absolute Gasteiger partial charge is 0.343 e. The van der Waals surface area contributed by atoms with Crippen LogP contribution in [0.2, 0.25) is 5.02 Å². The molecule has 0 aliphatic heterocycles. The van der Waals surface area contributed by atoms with Gasteiger partial charge >= 0.3 is 0 Å². The maximum atomic E-state index is 13.3. The van der Waals surface area contributed by atoms with Crippen LogP contribution >= 0.6 is 11.6 Å². The van der Waals surface area contributed by atoms with E-state index in [4.69, 9.17) is 11.6 Å². The number of rotatable bonds is 2. The number of carbonyl (C=O) groups excluding carboxylic acids is 1. The Morgan fingerprint density at radius 3 is 2.61 bits per heavy atom. The summed E-state index contributed by atoms with van der Waals surface area (Å²) in [5.41, 5.74) is 0.580. The van der Waals surface area contributed by atoms with Gasteiger partial charge in [0.05, 0.1) is 11.2 Å². The van der Waals surface area contributed by atoms with Crippen molar-refractivity contribution in [3.05, 3.63) is 68.0 Å². The summed E-state index contributed by atoms with van der Waals surface area (Å²) in [4.78, 5) is 41.8. The van der Waals surface area contributed by atoms with E-state index in [1.165, 1.54) is 17.2 Å². The lowest BCUT2D eigenvalue weighted by Gasteiger charge is -2.13. The molecular formula is C19H16ClN5O3. The molecule has 0 aliphatic rings. The van der Waals surface area contributed by atoms with Crippen molar-refractivity contribution in [3.63, 3.8) is 0 Å². The van der Waals surface area contributed by atoms with Crippen molar-refractivity contribution >= 4 is 39.3 Å². The molecule has 9 heteroatoms. The van der Waals surface area contributed by atoms with Crippen LogP contribution in [0, 0.1) is 0 Å². The topological polar surface area (TPSA) is 93.0 Å². The molecule has 0 bridgehead atoms. The van der Waals surface area contributed by atoms with Gasteiger partial charge in [-0.2, -0.15) is 9.78 Å². The van der Waals surface area contributed by atoms with Gasteiger partial charge in [-0.1, -0.05) is 17.7 Å². The van der Waals surface area contributed by atoms with Gasteiger partial charge < -0.3 is 14.5 Å². The van der Waals surface area contributed by atoms with Crippen molar-refractivity contribution in [3.8, 4) is 5.69 Å². The third-order valence-corrected chi connectivity index (χ3v) is 4.84. The summed E-state index contributed by atoms with van der Waals surface area (Å²) < 4.78 is 2.77. The molecule has 3 heterocycles. The van der Waals surface area contributed by atoms with Gasteiger partial charge in [0.2, 0.25) is 5.56 Å². The molecule has 0 spiro atoms. The number of halogens is 1. The van der Waals surface area contributed by atoms with E-state index in [0.717, 1.165) is 4.68 Å². The first kappa shape index (κ1) is 18.0. The van der Waals surface area contributed by atoms with Crippen molar-refractivity contribution < 1.29 is 4.79 Å². The number of aromatic amines is 1. The molecule has 1 N–H and O–H groups in total. The zero-order valence-corrected chi connectivity index (χ0v) is 16.1. The maximum absolute atomic E-state index is 13.3. The molecule has 0 fully saturated rings. The van der Waals surface area contributed by atoms with Crippen molar-refractivity contribution in [1.29, 1.82) is 0 Å². The van der Waals surface area contributed by atoms with Crippen LogP contribution in [0.4, 0.5) is 0 Å². The molecule has 142 valence electrons. The molecule has 0 aliphatic carbocycles. The Morgan fingerprint density at radius 2 is 1.93 bits per heavy atom. The molecule has 0 atom stereocenters. The summed E-state index contributed by atoms with van der Waals surface area (Å²) in [6, 6.07) is 8.01. The van der Waals surface area contributed by atoms with E-state index in [1.807, 2.05) is 0 Å². The molecule has 0 unspecified atom stereocenters. The zero-order valence-electron chi connectivity index (χ0n) is 15.4. The van der Waals surface area contributed by atoms with E-state index in [9.17, 15) is 14.4 Å². The number of benzene rings is 1. The number of nitrogens with zero attached hydrogens (tertiary/aromatic N) is 4. The fourth-order valence-electron chi connectivity index (χ4n) is 3.30. The molecule has 3 aromatic heterocycles. The van der Waals surface area contributed by atoms with E-state index >= 15 is 0 Å². The van der Waals surface area contributed by atoms with Crippen molar-refractivity contribution in [2.24, 2.45) is 7.05 Å². The number of amides is 1. The summed E-state index contributed by atoms with van der Waals surface area (Å²) in [5, 5.41) is 6.01. The highest BCUT2D eigenvalue weighted by atomic mass is 35.5. The minimum Gasteiger partial charge on any atom is -0.343 e. The average molecular weight is 398 g/mol. The molecule has 28 heavy (non-hydrogen) atoms. The number of carbonyl (C=O) groups is 1. The van der Waals surface area contributed by atoms with E-state index in [1.54, 1.807) is 50.0 Å². The second kappa shape index (κ2) is 6.35. The molecule has 4 aromatic rings. The Morgan fingerprint density at radius 1 is 1.18 bits per heavy atom. The van der Waals surface area contributed by atoms with Crippen LogP contribution in [0.5, 0.6) is 0 Å². The SMILES string of the molecule is CN(C)C(=O)c1nn(-c2cc[nH]c(=O)c2)c(=O)c2c1c1ccc(Cl)cc1n2C. The van der Waals surface area contributed by atoms with Crippen LogP contribution in [0.15, 0.2) is 46.1 Å². The molecule has 1 aromatic carbocycles. The van der Waals surface area contributed by atoms with Gasteiger partial charge in [0.1, 0.15) is 5.52 Å². The molecule has 8 nitrogen and oxygen atoms in total. The number of aryl methyl sites for hydroxylation is 1. The quantitative estimate of drug-likeness (QED) is 0.559. The molecule has 0 radical (unpaired) electrons. The van der Waals surface area contributed by atoms with Crippen LogP contribution in [-0.2, 0) is 7.05 Å². The number of hydrogen-bond donors (Lipinski definition) is 1. The molecular weight excluding hydrogens is 382 g/mol. The number of aromatic nitrogens is 4. The van der Waals surface area contributed by atoms with Gasteiger partial charge in [0.15, 0.2) is 5.69 Å². The second-order valence-corrected chi connectivity index (χ2v) is 7.06. The Kier molecular flexibility index (Phi) is 4.08. The van der Waals surface area contributed by atoms with Gasteiger partial charge in [-0.3, -0.25) is 14.4 Å². The van der Waals surface area contributed by atoms with E-state index in [0.29, 0.717) is 26.8 Å². The predicted molar refractivity (Wildman–Crippen MR) is 107 cm³/mol. The molecule has 1 amide bonds. The fourth-order valence-corrected chi connectivity index (χ4v) is 3.46. The Labute approximate surface area is 163 Å². The number of nitrogens with one attached hydrogen (secondary N) is 1. The highest BCUT2D eigenvalue weighted by Crippen LogP contribution is 2.30. The van der Waals surface area contributed by atoms with E-state index < -0.39 is 5.56 Å². The Balaban J connectivity index is 2.24. The lowest BCUT2D eigenvalue weighted by atomic mass is 10.1. The highest BCUT2D eigenvalue weighted by molar-refractivity contribution is 6.31. The van der Waals surface area contributed by atoms with Crippen molar-refractivity contribution in [2.75, 3.05) is 14.1 Å². The summed E-state index contributed by atoms with van der Waals surface area (Å²) in [6.07, 6.45) is 1.42. The first-order valence-corrected chi connectivity index (χ1v) is 8.79. The van der Waals surface area contributed by atoms with Gasteiger partial charge in [-0.25, -0.2) is 0 Å². The monoisotopic (exact) mass is 397 g/mol. The Hall–Kier alpha value is -3.39. The third-order valence-electron chi connectivity index (χ3n) is 4.61. The lowest BCUT2D eigenvalue weighted by Crippen LogP contribution is -2.30. The van der Waals surface area contributed by atoms with Crippen LogP contribution in [0.1, 0.15) is 10.5 Å². The van der Waals surface area contributed by atoms with Crippen molar-refractivity contribution in [2.45, 2.75) is 0 Å². The summed E-state index contributed by atoms with van der Waals surface area (Å²) >= 11 is 6.13. The Bertz CT molecular complexity index is 1380.